The molecule has 0 fully saturated rings. The monoisotopic (exact) mass is 411 g/mol. The number of carbonyl (C=O) groups is 1. The fraction of sp³-hybridized carbons (Fsp3) is 0.0526. The second-order valence-electron chi connectivity index (χ2n) is 5.96. The first-order valence-corrected chi connectivity index (χ1v) is 9.53. The number of carbonyl (C=O) groups excluding carboxylic acids is 1. The van der Waals surface area contributed by atoms with Gasteiger partial charge in [0.15, 0.2) is 10.8 Å². The molecule has 28 heavy (non-hydrogen) atoms. The van der Waals surface area contributed by atoms with Crippen molar-refractivity contribution in [3.8, 4) is 5.69 Å². The maximum absolute atomic E-state index is 12.5. The number of nitrogens with one attached hydrogen (secondary N) is 1. The maximum atomic E-state index is 12.5. The van der Waals surface area contributed by atoms with Gasteiger partial charge in [-0.3, -0.25) is 9.59 Å². The number of halogens is 1. The number of thioether (sulfide) groups is 1. The summed E-state index contributed by atoms with van der Waals surface area (Å²) in [6.07, 6.45) is 1.44. The Bertz CT molecular complexity index is 1220. The second kappa shape index (κ2) is 7.49. The Balaban J connectivity index is 1.79. The highest BCUT2D eigenvalue weighted by molar-refractivity contribution is 8.00. The maximum Gasteiger partial charge on any atom is 0.262 e. The number of rotatable bonds is 5. The van der Waals surface area contributed by atoms with E-state index in [9.17, 15) is 9.59 Å². The lowest BCUT2D eigenvalue weighted by atomic mass is 10.1. The Hall–Kier alpha value is -3.10. The molecule has 2 aromatic carbocycles. The van der Waals surface area contributed by atoms with Crippen molar-refractivity contribution in [1.29, 1.82) is 0 Å². The van der Waals surface area contributed by atoms with Gasteiger partial charge >= 0.3 is 0 Å². The van der Waals surface area contributed by atoms with Gasteiger partial charge in [0.2, 0.25) is 5.91 Å². The molecule has 2 heterocycles. The smallest absolute Gasteiger partial charge is 0.262 e. The van der Waals surface area contributed by atoms with E-state index in [0.717, 1.165) is 17.3 Å². The van der Waals surface area contributed by atoms with E-state index in [1.165, 1.54) is 10.9 Å². The summed E-state index contributed by atoms with van der Waals surface area (Å²) in [5.41, 5.74) is 6.99. The first kappa shape index (κ1) is 18.3. The van der Waals surface area contributed by atoms with Crippen LogP contribution in [0, 0.1) is 0 Å². The summed E-state index contributed by atoms with van der Waals surface area (Å²) >= 11 is 7.14. The van der Waals surface area contributed by atoms with Gasteiger partial charge < -0.3 is 10.7 Å². The molecule has 7 nitrogen and oxygen atoms in total. The average molecular weight is 412 g/mol. The molecule has 9 heteroatoms. The Morgan fingerprint density at radius 2 is 1.96 bits per heavy atom. The Morgan fingerprint density at radius 1 is 1.18 bits per heavy atom. The SMILES string of the molecule is NC(=O)C(Sc1nc2c(cnn2-c2cccc(Cl)c2)c(=O)[nH]1)c1ccccc1. The molecule has 4 aromatic rings. The van der Waals surface area contributed by atoms with Gasteiger partial charge in [-0.1, -0.05) is 59.8 Å². The van der Waals surface area contributed by atoms with Crippen LogP contribution in [0.4, 0.5) is 0 Å². The summed E-state index contributed by atoms with van der Waals surface area (Å²) in [6.45, 7) is 0. The molecule has 0 aliphatic carbocycles. The van der Waals surface area contributed by atoms with Crippen molar-refractivity contribution in [2.24, 2.45) is 5.73 Å². The van der Waals surface area contributed by atoms with Gasteiger partial charge in [-0.05, 0) is 23.8 Å². The van der Waals surface area contributed by atoms with Gasteiger partial charge in [-0.25, -0.2) is 9.67 Å². The van der Waals surface area contributed by atoms with E-state index in [2.05, 4.69) is 15.1 Å². The first-order chi connectivity index (χ1) is 13.5. The van der Waals surface area contributed by atoms with E-state index < -0.39 is 11.2 Å². The van der Waals surface area contributed by atoms with E-state index in [1.54, 1.807) is 30.3 Å². The van der Waals surface area contributed by atoms with Crippen LogP contribution < -0.4 is 11.3 Å². The van der Waals surface area contributed by atoms with Crippen LogP contribution in [-0.2, 0) is 4.79 Å². The highest BCUT2D eigenvalue weighted by atomic mass is 35.5. The Kier molecular flexibility index (Phi) is 4.89. The van der Waals surface area contributed by atoms with Crippen molar-refractivity contribution >= 4 is 40.3 Å². The summed E-state index contributed by atoms with van der Waals surface area (Å²) in [4.78, 5) is 31.7. The first-order valence-electron chi connectivity index (χ1n) is 8.28. The van der Waals surface area contributed by atoms with E-state index in [1.807, 2.05) is 24.3 Å². The summed E-state index contributed by atoms with van der Waals surface area (Å²) in [5, 5.41) is 4.71. The van der Waals surface area contributed by atoms with Gasteiger partial charge in [-0.2, -0.15) is 5.10 Å². The standard InChI is InChI=1S/C19H14ClN5O2S/c20-12-7-4-8-13(9-12)25-17-14(10-22-25)18(27)24-19(23-17)28-15(16(21)26)11-5-2-1-3-6-11/h1-10,15H,(H2,21,26)(H,23,24,27). The van der Waals surface area contributed by atoms with Gasteiger partial charge in [0.1, 0.15) is 10.6 Å². The third kappa shape index (κ3) is 3.51. The van der Waals surface area contributed by atoms with Crippen LogP contribution in [0.5, 0.6) is 0 Å². The number of benzene rings is 2. The normalized spacial score (nSPS) is 12.2. The minimum atomic E-state index is -0.690. The largest absolute Gasteiger partial charge is 0.368 e. The summed E-state index contributed by atoms with van der Waals surface area (Å²) in [7, 11) is 0. The molecule has 0 radical (unpaired) electrons. The lowest BCUT2D eigenvalue weighted by Gasteiger charge is -2.12. The van der Waals surface area contributed by atoms with E-state index in [0.29, 0.717) is 21.7 Å². The van der Waals surface area contributed by atoms with Crippen LogP contribution in [0.25, 0.3) is 16.7 Å². The summed E-state index contributed by atoms with van der Waals surface area (Å²) in [5.74, 6) is -0.526. The lowest BCUT2D eigenvalue weighted by Crippen LogP contribution is -2.20. The molecule has 2 aromatic heterocycles. The van der Waals surface area contributed by atoms with Gasteiger partial charge in [-0.15, -0.1) is 0 Å². The number of fused-ring (bicyclic) bond motifs is 1. The molecule has 0 bridgehead atoms. The molecule has 1 amide bonds. The fourth-order valence-electron chi connectivity index (χ4n) is 2.78. The van der Waals surface area contributed by atoms with Crippen LogP contribution in [0.1, 0.15) is 10.8 Å². The number of amides is 1. The molecule has 1 unspecified atom stereocenters. The van der Waals surface area contributed by atoms with Crippen LogP contribution >= 0.6 is 23.4 Å². The number of aromatic amines is 1. The molecule has 0 saturated heterocycles. The van der Waals surface area contributed by atoms with Crippen molar-refractivity contribution in [2.45, 2.75) is 10.4 Å². The van der Waals surface area contributed by atoms with Crippen molar-refractivity contribution in [3.63, 3.8) is 0 Å². The number of hydrogen-bond acceptors (Lipinski definition) is 5. The van der Waals surface area contributed by atoms with Crippen LogP contribution in [0.2, 0.25) is 5.02 Å². The van der Waals surface area contributed by atoms with Gasteiger partial charge in [0.05, 0.1) is 11.9 Å². The lowest BCUT2D eigenvalue weighted by molar-refractivity contribution is -0.117. The summed E-state index contributed by atoms with van der Waals surface area (Å²) in [6, 6.07) is 16.2. The van der Waals surface area contributed by atoms with Crippen molar-refractivity contribution in [2.75, 3.05) is 0 Å². The highest BCUT2D eigenvalue weighted by Crippen LogP contribution is 2.33. The van der Waals surface area contributed by atoms with Crippen molar-refractivity contribution in [1.82, 2.24) is 19.7 Å². The second-order valence-corrected chi connectivity index (χ2v) is 7.49. The topological polar surface area (TPSA) is 107 Å². The third-order valence-electron chi connectivity index (χ3n) is 4.06. The third-order valence-corrected chi connectivity index (χ3v) is 5.45. The number of aromatic nitrogens is 4. The molecule has 0 aliphatic rings. The molecule has 3 N–H and O–H groups in total. The van der Waals surface area contributed by atoms with Crippen molar-refractivity contribution < 1.29 is 4.79 Å². The minimum Gasteiger partial charge on any atom is -0.368 e. The predicted molar refractivity (Wildman–Crippen MR) is 109 cm³/mol. The fourth-order valence-corrected chi connectivity index (χ4v) is 3.89. The zero-order valence-corrected chi connectivity index (χ0v) is 15.9. The minimum absolute atomic E-state index is 0.272. The van der Waals surface area contributed by atoms with Gasteiger partial charge in [0, 0.05) is 5.02 Å². The van der Waals surface area contributed by atoms with E-state index in [-0.39, 0.29) is 10.7 Å². The quantitative estimate of drug-likeness (QED) is 0.387. The van der Waals surface area contributed by atoms with Crippen LogP contribution in [-0.4, -0.2) is 25.7 Å². The summed E-state index contributed by atoms with van der Waals surface area (Å²) < 4.78 is 1.53. The number of primary amides is 1. The van der Waals surface area contributed by atoms with Crippen molar-refractivity contribution in [3.05, 3.63) is 81.7 Å². The van der Waals surface area contributed by atoms with E-state index in [4.69, 9.17) is 17.3 Å². The zero-order chi connectivity index (χ0) is 19.7. The Labute approximate surface area is 168 Å². The molecule has 1 atom stereocenters. The van der Waals surface area contributed by atoms with Crippen LogP contribution in [0.3, 0.4) is 0 Å². The molecule has 0 spiro atoms. The Morgan fingerprint density at radius 3 is 2.68 bits per heavy atom. The van der Waals surface area contributed by atoms with Crippen LogP contribution in [0.15, 0.2) is 70.7 Å². The number of nitrogens with zero attached hydrogens (tertiary/aromatic N) is 3. The van der Waals surface area contributed by atoms with Gasteiger partial charge in [0.25, 0.3) is 5.56 Å². The number of hydrogen-bond donors (Lipinski definition) is 2. The average Bonchev–Trinajstić information content (AvgIpc) is 3.11. The molecule has 140 valence electrons. The number of nitrogens with two attached hydrogens (primary N) is 1. The number of H-pyrrole nitrogens is 1. The molecular weight excluding hydrogens is 398 g/mol. The molecule has 4 rings (SSSR count). The predicted octanol–water partition coefficient (Wildman–Crippen LogP) is 3.08. The molecule has 0 saturated carbocycles. The highest BCUT2D eigenvalue weighted by Gasteiger charge is 2.22. The molecular formula is C19H14ClN5O2S. The zero-order valence-electron chi connectivity index (χ0n) is 14.4. The molecule has 0 aliphatic heterocycles. The van der Waals surface area contributed by atoms with E-state index >= 15 is 0 Å².